The minimum atomic E-state index is 0.581. The summed E-state index contributed by atoms with van der Waals surface area (Å²) in [6.45, 7) is 5.70. The molecule has 0 saturated carbocycles. The van der Waals surface area contributed by atoms with E-state index in [2.05, 4.69) is 53.3 Å². The zero-order chi connectivity index (χ0) is 11.5. The average molecular weight is 282 g/mol. The first-order chi connectivity index (χ1) is 7.70. The standard InChI is InChI=1S/C14H20BrN/c1-3-10(2)9-16-14-7-4-11-8-12(15)5-6-13(11)14/h5-6,8,10,14,16H,3-4,7,9H2,1-2H3. The molecule has 0 radical (unpaired) electrons. The van der Waals surface area contributed by atoms with Crippen LogP contribution in [0.3, 0.4) is 0 Å². The van der Waals surface area contributed by atoms with E-state index in [9.17, 15) is 0 Å². The molecule has 16 heavy (non-hydrogen) atoms. The molecule has 1 aliphatic carbocycles. The lowest BCUT2D eigenvalue weighted by Gasteiger charge is -2.17. The molecule has 2 unspecified atom stereocenters. The topological polar surface area (TPSA) is 12.0 Å². The Bertz CT molecular complexity index is 362. The lowest BCUT2D eigenvalue weighted by molar-refractivity contribution is 0.443. The van der Waals surface area contributed by atoms with Crippen LogP contribution in [0, 0.1) is 5.92 Å². The highest BCUT2D eigenvalue weighted by Crippen LogP contribution is 2.32. The van der Waals surface area contributed by atoms with Crippen molar-refractivity contribution in [3.63, 3.8) is 0 Å². The summed E-state index contributed by atoms with van der Waals surface area (Å²) < 4.78 is 1.20. The highest BCUT2D eigenvalue weighted by Gasteiger charge is 2.21. The molecule has 0 saturated heterocycles. The average Bonchev–Trinajstić information content (AvgIpc) is 2.68. The van der Waals surface area contributed by atoms with Crippen LogP contribution < -0.4 is 5.32 Å². The second-order valence-electron chi connectivity index (χ2n) is 4.86. The number of rotatable bonds is 4. The summed E-state index contributed by atoms with van der Waals surface area (Å²) in [7, 11) is 0. The van der Waals surface area contributed by atoms with E-state index < -0.39 is 0 Å². The van der Waals surface area contributed by atoms with Crippen molar-refractivity contribution in [1.82, 2.24) is 5.32 Å². The minimum absolute atomic E-state index is 0.581. The summed E-state index contributed by atoms with van der Waals surface area (Å²) in [6, 6.07) is 7.26. The van der Waals surface area contributed by atoms with Crippen LogP contribution >= 0.6 is 15.9 Å². The van der Waals surface area contributed by atoms with E-state index in [4.69, 9.17) is 0 Å². The molecule has 88 valence electrons. The summed E-state index contributed by atoms with van der Waals surface area (Å²) in [6.07, 6.45) is 3.72. The van der Waals surface area contributed by atoms with Gasteiger partial charge in [-0.05, 0) is 48.6 Å². The second-order valence-corrected chi connectivity index (χ2v) is 5.77. The van der Waals surface area contributed by atoms with Gasteiger partial charge in [0.25, 0.3) is 0 Å². The number of halogens is 1. The van der Waals surface area contributed by atoms with Crippen molar-refractivity contribution < 1.29 is 0 Å². The van der Waals surface area contributed by atoms with Gasteiger partial charge in [-0.25, -0.2) is 0 Å². The first-order valence-corrected chi connectivity index (χ1v) is 7.01. The molecular weight excluding hydrogens is 262 g/mol. The molecule has 0 heterocycles. The van der Waals surface area contributed by atoms with E-state index >= 15 is 0 Å². The minimum Gasteiger partial charge on any atom is -0.310 e. The molecule has 1 aromatic carbocycles. The third-order valence-electron chi connectivity index (χ3n) is 3.59. The Morgan fingerprint density at radius 1 is 1.50 bits per heavy atom. The van der Waals surface area contributed by atoms with E-state index in [0.717, 1.165) is 12.5 Å². The summed E-state index contributed by atoms with van der Waals surface area (Å²) in [5.74, 6) is 0.777. The van der Waals surface area contributed by atoms with Gasteiger partial charge in [0, 0.05) is 10.5 Å². The number of aryl methyl sites for hydroxylation is 1. The van der Waals surface area contributed by atoms with Gasteiger partial charge in [0.05, 0.1) is 0 Å². The zero-order valence-electron chi connectivity index (χ0n) is 10.1. The molecule has 0 fully saturated rings. The third-order valence-corrected chi connectivity index (χ3v) is 4.09. The van der Waals surface area contributed by atoms with Crippen LogP contribution in [0.25, 0.3) is 0 Å². The molecule has 2 atom stereocenters. The van der Waals surface area contributed by atoms with Crippen LogP contribution in [0.2, 0.25) is 0 Å². The maximum absolute atomic E-state index is 3.69. The van der Waals surface area contributed by atoms with Gasteiger partial charge < -0.3 is 5.32 Å². The van der Waals surface area contributed by atoms with Crippen molar-refractivity contribution in [2.75, 3.05) is 6.54 Å². The Morgan fingerprint density at radius 3 is 3.06 bits per heavy atom. The van der Waals surface area contributed by atoms with E-state index in [-0.39, 0.29) is 0 Å². The number of hydrogen-bond acceptors (Lipinski definition) is 1. The van der Waals surface area contributed by atoms with E-state index in [1.165, 1.54) is 34.9 Å². The van der Waals surface area contributed by atoms with Crippen molar-refractivity contribution in [3.05, 3.63) is 33.8 Å². The van der Waals surface area contributed by atoms with Crippen molar-refractivity contribution >= 4 is 15.9 Å². The van der Waals surface area contributed by atoms with Crippen molar-refractivity contribution in [1.29, 1.82) is 0 Å². The summed E-state index contributed by atoms with van der Waals surface area (Å²) in [5.41, 5.74) is 3.02. The SMILES string of the molecule is CCC(C)CNC1CCc2cc(Br)ccc21. The molecule has 1 aromatic rings. The highest BCUT2D eigenvalue weighted by molar-refractivity contribution is 9.10. The first kappa shape index (κ1) is 12.1. The van der Waals surface area contributed by atoms with Gasteiger partial charge in [0.15, 0.2) is 0 Å². The van der Waals surface area contributed by atoms with Gasteiger partial charge >= 0.3 is 0 Å². The van der Waals surface area contributed by atoms with Gasteiger partial charge in [-0.3, -0.25) is 0 Å². The van der Waals surface area contributed by atoms with Gasteiger partial charge in [-0.15, -0.1) is 0 Å². The van der Waals surface area contributed by atoms with Crippen LogP contribution in [0.4, 0.5) is 0 Å². The fraction of sp³-hybridized carbons (Fsp3) is 0.571. The zero-order valence-corrected chi connectivity index (χ0v) is 11.7. The van der Waals surface area contributed by atoms with E-state index in [1.54, 1.807) is 0 Å². The maximum atomic E-state index is 3.69. The fourth-order valence-corrected chi connectivity index (χ4v) is 2.69. The number of fused-ring (bicyclic) bond motifs is 1. The first-order valence-electron chi connectivity index (χ1n) is 6.22. The Hall–Kier alpha value is -0.340. The lowest BCUT2D eigenvalue weighted by atomic mass is 10.1. The summed E-state index contributed by atoms with van der Waals surface area (Å²) in [5, 5.41) is 3.69. The smallest absolute Gasteiger partial charge is 0.0326 e. The number of hydrogen-bond donors (Lipinski definition) is 1. The molecule has 0 spiro atoms. The van der Waals surface area contributed by atoms with Gasteiger partial charge in [-0.2, -0.15) is 0 Å². The Balaban J connectivity index is 2.01. The van der Waals surface area contributed by atoms with Crippen LogP contribution in [0.5, 0.6) is 0 Å². The Morgan fingerprint density at radius 2 is 2.31 bits per heavy atom. The molecule has 1 nitrogen and oxygen atoms in total. The Kier molecular flexibility index (Phi) is 4.04. The quantitative estimate of drug-likeness (QED) is 0.877. The van der Waals surface area contributed by atoms with Gasteiger partial charge in [0.1, 0.15) is 0 Å². The predicted molar refractivity (Wildman–Crippen MR) is 72.7 cm³/mol. The Labute approximate surface area is 107 Å². The molecular formula is C14H20BrN. The van der Waals surface area contributed by atoms with Crippen molar-refractivity contribution in [2.24, 2.45) is 5.92 Å². The molecule has 1 aliphatic rings. The van der Waals surface area contributed by atoms with Crippen molar-refractivity contribution in [2.45, 2.75) is 39.2 Å². The molecule has 2 heteroatoms. The van der Waals surface area contributed by atoms with Gasteiger partial charge in [0.2, 0.25) is 0 Å². The van der Waals surface area contributed by atoms with Gasteiger partial charge in [-0.1, -0.05) is 42.3 Å². The van der Waals surface area contributed by atoms with Crippen LogP contribution in [-0.4, -0.2) is 6.54 Å². The molecule has 0 amide bonds. The fourth-order valence-electron chi connectivity index (χ4n) is 2.29. The van der Waals surface area contributed by atoms with E-state index in [0.29, 0.717) is 6.04 Å². The number of nitrogens with one attached hydrogen (secondary N) is 1. The largest absolute Gasteiger partial charge is 0.310 e. The second kappa shape index (κ2) is 5.33. The molecule has 1 N–H and O–H groups in total. The van der Waals surface area contributed by atoms with Crippen molar-refractivity contribution in [3.8, 4) is 0 Å². The van der Waals surface area contributed by atoms with Crippen LogP contribution in [0.1, 0.15) is 43.9 Å². The lowest BCUT2D eigenvalue weighted by Crippen LogP contribution is -2.24. The maximum Gasteiger partial charge on any atom is 0.0326 e. The van der Waals surface area contributed by atoms with Crippen LogP contribution in [0.15, 0.2) is 22.7 Å². The van der Waals surface area contributed by atoms with Crippen LogP contribution in [-0.2, 0) is 6.42 Å². The number of benzene rings is 1. The molecule has 2 rings (SSSR count). The third kappa shape index (κ3) is 2.67. The molecule has 0 bridgehead atoms. The predicted octanol–water partition coefficient (Wildman–Crippen LogP) is 4.07. The highest BCUT2D eigenvalue weighted by atomic mass is 79.9. The summed E-state index contributed by atoms with van der Waals surface area (Å²) in [4.78, 5) is 0. The molecule has 0 aromatic heterocycles. The normalized spacial score (nSPS) is 20.8. The van der Waals surface area contributed by atoms with E-state index in [1.807, 2.05) is 0 Å². The monoisotopic (exact) mass is 281 g/mol. The summed E-state index contributed by atoms with van der Waals surface area (Å²) >= 11 is 3.54. The molecule has 0 aliphatic heterocycles.